The molecule has 0 aliphatic heterocycles. The fourth-order valence-electron chi connectivity index (χ4n) is 2.04. The first-order valence-corrected chi connectivity index (χ1v) is 5.73. The lowest BCUT2D eigenvalue weighted by Crippen LogP contribution is -2.33. The minimum Gasteiger partial charge on any atom is -0.329 e. The summed E-state index contributed by atoms with van der Waals surface area (Å²) in [5.41, 5.74) is 8.50. The molecule has 0 amide bonds. The van der Waals surface area contributed by atoms with E-state index in [2.05, 4.69) is 49.9 Å². The van der Waals surface area contributed by atoms with Gasteiger partial charge in [0.1, 0.15) is 0 Å². The predicted molar refractivity (Wildman–Crippen MR) is 65.9 cm³/mol. The lowest BCUT2D eigenvalue weighted by molar-refractivity contribution is 0.224. The Labute approximate surface area is 93.1 Å². The maximum atomic E-state index is 5.87. The van der Waals surface area contributed by atoms with Gasteiger partial charge in [-0.3, -0.25) is 4.90 Å². The van der Waals surface area contributed by atoms with E-state index in [0.29, 0.717) is 12.6 Å². The second kappa shape index (κ2) is 5.89. The molecule has 0 aromatic heterocycles. The van der Waals surface area contributed by atoms with E-state index in [-0.39, 0.29) is 0 Å². The van der Waals surface area contributed by atoms with E-state index in [1.165, 1.54) is 11.1 Å². The molecule has 0 radical (unpaired) electrons. The first-order chi connectivity index (χ1) is 7.22. The lowest BCUT2D eigenvalue weighted by Gasteiger charge is -2.29. The van der Waals surface area contributed by atoms with Crippen LogP contribution in [-0.2, 0) is 0 Å². The third kappa shape index (κ3) is 3.05. The van der Waals surface area contributed by atoms with E-state index >= 15 is 0 Å². The van der Waals surface area contributed by atoms with Crippen LogP contribution < -0.4 is 5.73 Å². The van der Waals surface area contributed by atoms with E-state index in [4.69, 9.17) is 5.73 Å². The van der Waals surface area contributed by atoms with Crippen molar-refractivity contribution in [2.24, 2.45) is 5.73 Å². The Morgan fingerprint density at radius 1 is 1.27 bits per heavy atom. The van der Waals surface area contributed by atoms with E-state index in [1.54, 1.807) is 0 Å². The zero-order valence-electron chi connectivity index (χ0n) is 10.0. The first-order valence-electron chi connectivity index (χ1n) is 5.73. The van der Waals surface area contributed by atoms with Crippen LogP contribution in [0.3, 0.4) is 0 Å². The van der Waals surface area contributed by atoms with Crippen LogP contribution in [0.5, 0.6) is 0 Å². The van der Waals surface area contributed by atoms with Crippen LogP contribution in [0.4, 0.5) is 0 Å². The summed E-state index contributed by atoms with van der Waals surface area (Å²) < 4.78 is 0. The van der Waals surface area contributed by atoms with Crippen molar-refractivity contribution in [1.29, 1.82) is 0 Å². The van der Waals surface area contributed by atoms with Gasteiger partial charge in [0.25, 0.3) is 0 Å². The maximum absolute atomic E-state index is 5.87. The minimum atomic E-state index is 0.361. The summed E-state index contributed by atoms with van der Waals surface area (Å²) >= 11 is 0. The molecule has 2 nitrogen and oxygen atoms in total. The minimum absolute atomic E-state index is 0.361. The fraction of sp³-hybridized carbons (Fsp3) is 0.538. The van der Waals surface area contributed by atoms with Gasteiger partial charge < -0.3 is 5.73 Å². The van der Waals surface area contributed by atoms with Crippen molar-refractivity contribution in [3.63, 3.8) is 0 Å². The highest BCUT2D eigenvalue weighted by atomic mass is 15.2. The van der Waals surface area contributed by atoms with Gasteiger partial charge in [0, 0.05) is 12.6 Å². The molecule has 0 fully saturated rings. The average molecular weight is 206 g/mol. The molecule has 0 saturated carbocycles. The lowest BCUT2D eigenvalue weighted by atomic mass is 10.0. The SMILES string of the molecule is CCN(CC)[C@@H](CN)c1cccc(C)c1. The summed E-state index contributed by atoms with van der Waals surface area (Å²) in [6.07, 6.45) is 0. The number of benzene rings is 1. The Morgan fingerprint density at radius 2 is 1.93 bits per heavy atom. The highest BCUT2D eigenvalue weighted by Crippen LogP contribution is 2.19. The highest BCUT2D eigenvalue weighted by molar-refractivity contribution is 5.25. The Balaban J connectivity index is 2.90. The average Bonchev–Trinajstić information content (AvgIpc) is 2.25. The molecule has 2 N–H and O–H groups in total. The van der Waals surface area contributed by atoms with Gasteiger partial charge in [-0.2, -0.15) is 0 Å². The Hall–Kier alpha value is -0.860. The van der Waals surface area contributed by atoms with E-state index < -0.39 is 0 Å². The summed E-state index contributed by atoms with van der Waals surface area (Å²) in [5, 5.41) is 0. The summed E-state index contributed by atoms with van der Waals surface area (Å²) in [4.78, 5) is 2.40. The van der Waals surface area contributed by atoms with Gasteiger partial charge in [0.05, 0.1) is 0 Å². The number of hydrogen-bond donors (Lipinski definition) is 1. The van der Waals surface area contributed by atoms with Gasteiger partial charge in [-0.1, -0.05) is 43.7 Å². The zero-order valence-corrected chi connectivity index (χ0v) is 10.0. The van der Waals surface area contributed by atoms with Crippen LogP contribution in [0, 0.1) is 6.92 Å². The monoisotopic (exact) mass is 206 g/mol. The molecule has 1 rings (SSSR count). The number of hydrogen-bond acceptors (Lipinski definition) is 2. The molecule has 2 heteroatoms. The van der Waals surface area contributed by atoms with Crippen LogP contribution in [0.1, 0.15) is 31.0 Å². The third-order valence-corrected chi connectivity index (χ3v) is 2.90. The number of nitrogens with two attached hydrogens (primary N) is 1. The number of likely N-dealkylation sites (N-methyl/N-ethyl adjacent to an activating group) is 1. The molecule has 0 unspecified atom stereocenters. The quantitative estimate of drug-likeness (QED) is 0.801. The fourth-order valence-corrected chi connectivity index (χ4v) is 2.04. The molecule has 0 heterocycles. The van der Waals surface area contributed by atoms with Crippen molar-refractivity contribution in [1.82, 2.24) is 4.90 Å². The molecular weight excluding hydrogens is 184 g/mol. The van der Waals surface area contributed by atoms with Crippen LogP contribution in [0.25, 0.3) is 0 Å². The highest BCUT2D eigenvalue weighted by Gasteiger charge is 2.15. The van der Waals surface area contributed by atoms with Crippen molar-refractivity contribution in [3.05, 3.63) is 35.4 Å². The van der Waals surface area contributed by atoms with Gasteiger partial charge in [0.2, 0.25) is 0 Å². The van der Waals surface area contributed by atoms with Gasteiger partial charge in [0.15, 0.2) is 0 Å². The summed E-state index contributed by atoms with van der Waals surface area (Å²) in [6, 6.07) is 8.99. The van der Waals surface area contributed by atoms with Gasteiger partial charge in [-0.05, 0) is 25.6 Å². The molecule has 1 atom stereocenters. The van der Waals surface area contributed by atoms with Gasteiger partial charge in [-0.25, -0.2) is 0 Å². The van der Waals surface area contributed by atoms with E-state index in [9.17, 15) is 0 Å². The van der Waals surface area contributed by atoms with Crippen molar-refractivity contribution in [2.75, 3.05) is 19.6 Å². The molecule has 15 heavy (non-hydrogen) atoms. The van der Waals surface area contributed by atoms with E-state index in [1.807, 2.05) is 0 Å². The topological polar surface area (TPSA) is 29.3 Å². The molecule has 84 valence electrons. The standard InChI is InChI=1S/C13H22N2/c1-4-15(5-2)13(10-14)12-8-6-7-11(3)9-12/h6-9,13H,4-5,10,14H2,1-3H3/t13-/m0/s1. The van der Waals surface area contributed by atoms with Crippen LogP contribution >= 0.6 is 0 Å². The maximum Gasteiger partial charge on any atom is 0.0470 e. The second-order valence-electron chi connectivity index (χ2n) is 3.89. The Kier molecular flexibility index (Phi) is 4.79. The number of rotatable bonds is 5. The van der Waals surface area contributed by atoms with Crippen LogP contribution in [0.2, 0.25) is 0 Å². The largest absolute Gasteiger partial charge is 0.329 e. The molecule has 0 aliphatic carbocycles. The van der Waals surface area contributed by atoms with Gasteiger partial charge >= 0.3 is 0 Å². The first kappa shape index (κ1) is 12.2. The Bertz CT molecular complexity index is 292. The van der Waals surface area contributed by atoms with Crippen molar-refractivity contribution in [2.45, 2.75) is 26.8 Å². The molecule has 0 saturated heterocycles. The van der Waals surface area contributed by atoms with E-state index in [0.717, 1.165) is 13.1 Å². The molecule has 0 bridgehead atoms. The Morgan fingerprint density at radius 3 is 2.40 bits per heavy atom. The van der Waals surface area contributed by atoms with Crippen molar-refractivity contribution in [3.8, 4) is 0 Å². The smallest absolute Gasteiger partial charge is 0.0470 e. The number of aryl methyl sites for hydroxylation is 1. The van der Waals surface area contributed by atoms with Gasteiger partial charge in [-0.15, -0.1) is 0 Å². The summed E-state index contributed by atoms with van der Waals surface area (Å²) in [6.45, 7) is 9.27. The summed E-state index contributed by atoms with van der Waals surface area (Å²) in [7, 11) is 0. The molecule has 1 aromatic rings. The molecule has 1 aromatic carbocycles. The normalized spacial score (nSPS) is 13.1. The number of nitrogens with zero attached hydrogens (tertiary/aromatic N) is 1. The van der Waals surface area contributed by atoms with Crippen molar-refractivity contribution < 1.29 is 0 Å². The molecule has 0 spiro atoms. The predicted octanol–water partition coefficient (Wildman–Crippen LogP) is 2.34. The second-order valence-corrected chi connectivity index (χ2v) is 3.89. The molecular formula is C13H22N2. The van der Waals surface area contributed by atoms with Crippen LogP contribution in [-0.4, -0.2) is 24.5 Å². The third-order valence-electron chi connectivity index (χ3n) is 2.90. The van der Waals surface area contributed by atoms with Crippen LogP contribution in [0.15, 0.2) is 24.3 Å². The van der Waals surface area contributed by atoms with Crippen molar-refractivity contribution >= 4 is 0 Å². The molecule has 0 aliphatic rings. The summed E-state index contributed by atoms with van der Waals surface area (Å²) in [5.74, 6) is 0. The zero-order chi connectivity index (χ0) is 11.3.